The molecule has 0 radical (unpaired) electrons. The van der Waals surface area contributed by atoms with Crippen LogP contribution in [0.4, 0.5) is 9.18 Å². The van der Waals surface area contributed by atoms with Gasteiger partial charge in [0.1, 0.15) is 18.2 Å². The van der Waals surface area contributed by atoms with Crippen LogP contribution in [0.1, 0.15) is 23.6 Å². The second-order valence-corrected chi connectivity index (χ2v) is 6.38. The molecule has 136 valence electrons. The van der Waals surface area contributed by atoms with Gasteiger partial charge in [0.25, 0.3) is 0 Å². The van der Waals surface area contributed by atoms with Crippen molar-refractivity contribution in [2.24, 2.45) is 0 Å². The van der Waals surface area contributed by atoms with E-state index >= 15 is 0 Å². The number of likely N-dealkylation sites (tertiary alicyclic amines) is 1. The van der Waals surface area contributed by atoms with E-state index in [-0.39, 0.29) is 18.5 Å². The number of carbonyl (C=O) groups is 1. The van der Waals surface area contributed by atoms with Crippen LogP contribution >= 0.6 is 0 Å². The molecule has 2 amide bonds. The van der Waals surface area contributed by atoms with E-state index < -0.39 is 0 Å². The Balaban J connectivity index is 1.44. The number of halogens is 1. The number of ether oxygens (including phenoxy) is 1. The quantitative estimate of drug-likeness (QED) is 0.734. The van der Waals surface area contributed by atoms with Crippen LogP contribution in [0.5, 0.6) is 5.75 Å². The Labute approximate surface area is 149 Å². The van der Waals surface area contributed by atoms with Gasteiger partial charge in [-0.3, -0.25) is 0 Å². The van der Waals surface area contributed by atoms with E-state index in [4.69, 9.17) is 9.26 Å². The molecule has 2 N–H and O–H groups in total. The van der Waals surface area contributed by atoms with Crippen molar-refractivity contribution in [3.05, 3.63) is 47.2 Å². The third-order valence-corrected chi connectivity index (χ3v) is 4.35. The molecule has 1 aliphatic heterocycles. The highest BCUT2D eigenvalue weighted by Gasteiger charge is 2.19. The van der Waals surface area contributed by atoms with E-state index in [1.54, 1.807) is 23.1 Å². The molecule has 1 saturated heterocycles. The number of urea groups is 1. The van der Waals surface area contributed by atoms with Crippen LogP contribution in [0.2, 0.25) is 0 Å². The molecule has 3 heterocycles. The molecule has 0 spiro atoms. The Bertz CT molecular complexity index is 945. The number of nitrogens with zero attached hydrogens (tertiary/aromatic N) is 2. The van der Waals surface area contributed by atoms with Gasteiger partial charge in [0.15, 0.2) is 5.76 Å². The fourth-order valence-electron chi connectivity index (χ4n) is 2.85. The lowest BCUT2D eigenvalue weighted by Gasteiger charge is -2.30. The highest BCUT2D eigenvalue weighted by molar-refractivity contribution is 5.83. The van der Waals surface area contributed by atoms with Crippen molar-refractivity contribution in [1.29, 1.82) is 0 Å². The predicted octanol–water partition coefficient (Wildman–Crippen LogP) is 3.10. The first kappa shape index (κ1) is 16.4. The van der Waals surface area contributed by atoms with E-state index in [0.29, 0.717) is 29.0 Å². The van der Waals surface area contributed by atoms with Gasteiger partial charge in [0.05, 0.1) is 17.8 Å². The van der Waals surface area contributed by atoms with Gasteiger partial charge in [0.2, 0.25) is 0 Å². The number of carbonyl (C=O) groups excluding carboxylic acids is 1. The molecule has 0 bridgehead atoms. The summed E-state index contributed by atoms with van der Waals surface area (Å²) in [7, 11) is 0. The predicted molar refractivity (Wildman–Crippen MR) is 92.3 cm³/mol. The standard InChI is InChI=1S/C18H19FN4O3/c1-11-5-14(26-22-11)10-25-13-7-16(19)15-6-12(21-17(15)8-13)9-20-18(24)23-3-2-4-23/h5-8,21H,2-4,9-10H2,1H3,(H,20,24). The lowest BCUT2D eigenvalue weighted by Crippen LogP contribution is -2.47. The summed E-state index contributed by atoms with van der Waals surface area (Å²) in [5.74, 6) is 0.578. The molecule has 0 aliphatic carbocycles. The van der Waals surface area contributed by atoms with E-state index in [2.05, 4.69) is 15.5 Å². The zero-order valence-corrected chi connectivity index (χ0v) is 14.3. The Morgan fingerprint density at radius 1 is 1.38 bits per heavy atom. The number of aromatic amines is 1. The number of hydrogen-bond donors (Lipinski definition) is 2. The van der Waals surface area contributed by atoms with Crippen LogP contribution in [0.3, 0.4) is 0 Å². The SMILES string of the molecule is Cc1cc(COc2cc(F)c3cc(CNC(=O)N4CCC4)[nH]c3c2)on1. The van der Waals surface area contributed by atoms with Crippen LogP contribution in [0, 0.1) is 12.7 Å². The summed E-state index contributed by atoms with van der Waals surface area (Å²) >= 11 is 0. The van der Waals surface area contributed by atoms with Gasteiger partial charge in [-0.25, -0.2) is 9.18 Å². The van der Waals surface area contributed by atoms with E-state index in [9.17, 15) is 9.18 Å². The van der Waals surface area contributed by atoms with Crippen LogP contribution in [-0.2, 0) is 13.2 Å². The molecular weight excluding hydrogens is 339 g/mol. The smallest absolute Gasteiger partial charge is 0.317 e. The number of amides is 2. The number of rotatable bonds is 5. The molecule has 3 aromatic rings. The monoisotopic (exact) mass is 358 g/mol. The minimum atomic E-state index is -0.386. The third-order valence-electron chi connectivity index (χ3n) is 4.35. The molecule has 1 aromatic carbocycles. The number of aryl methyl sites for hydroxylation is 1. The molecular formula is C18H19FN4O3. The van der Waals surface area contributed by atoms with Gasteiger partial charge in [-0.1, -0.05) is 5.16 Å². The largest absolute Gasteiger partial charge is 0.485 e. The summed E-state index contributed by atoms with van der Waals surface area (Å²) < 4.78 is 25.0. The molecule has 2 aromatic heterocycles. The van der Waals surface area contributed by atoms with Gasteiger partial charge in [-0.15, -0.1) is 0 Å². The molecule has 1 fully saturated rings. The van der Waals surface area contributed by atoms with Crippen molar-refractivity contribution < 1.29 is 18.4 Å². The Hall–Kier alpha value is -3.03. The minimum absolute atomic E-state index is 0.0956. The average molecular weight is 358 g/mol. The van der Waals surface area contributed by atoms with Gasteiger partial charge in [-0.2, -0.15) is 0 Å². The second-order valence-electron chi connectivity index (χ2n) is 6.38. The number of H-pyrrole nitrogens is 1. The van der Waals surface area contributed by atoms with Crippen molar-refractivity contribution in [2.45, 2.75) is 26.5 Å². The molecule has 0 saturated carbocycles. The number of benzene rings is 1. The van der Waals surface area contributed by atoms with Gasteiger partial charge in [-0.05, 0) is 19.4 Å². The van der Waals surface area contributed by atoms with E-state index in [0.717, 1.165) is 30.9 Å². The van der Waals surface area contributed by atoms with Gasteiger partial charge < -0.3 is 24.5 Å². The van der Waals surface area contributed by atoms with Crippen molar-refractivity contribution in [2.75, 3.05) is 13.1 Å². The molecule has 26 heavy (non-hydrogen) atoms. The van der Waals surface area contributed by atoms with Crippen molar-refractivity contribution in [3.8, 4) is 5.75 Å². The minimum Gasteiger partial charge on any atom is -0.485 e. The lowest BCUT2D eigenvalue weighted by atomic mass is 10.2. The summed E-state index contributed by atoms with van der Waals surface area (Å²) in [6.07, 6.45) is 1.04. The van der Waals surface area contributed by atoms with E-state index in [1.165, 1.54) is 6.07 Å². The Morgan fingerprint density at radius 3 is 2.92 bits per heavy atom. The lowest BCUT2D eigenvalue weighted by molar-refractivity contribution is 0.167. The molecule has 8 heteroatoms. The zero-order chi connectivity index (χ0) is 18.1. The fraction of sp³-hybridized carbons (Fsp3) is 0.333. The van der Waals surface area contributed by atoms with Crippen LogP contribution in [0.15, 0.2) is 28.8 Å². The molecule has 1 aliphatic rings. The third kappa shape index (κ3) is 3.35. The van der Waals surface area contributed by atoms with Crippen molar-refractivity contribution in [1.82, 2.24) is 20.4 Å². The number of nitrogens with one attached hydrogen (secondary N) is 2. The first-order valence-electron chi connectivity index (χ1n) is 8.47. The topological polar surface area (TPSA) is 83.4 Å². The zero-order valence-electron chi connectivity index (χ0n) is 14.3. The second kappa shape index (κ2) is 6.70. The molecule has 7 nitrogen and oxygen atoms in total. The highest BCUT2D eigenvalue weighted by atomic mass is 19.1. The van der Waals surface area contributed by atoms with Crippen LogP contribution in [-0.4, -0.2) is 34.2 Å². The number of hydrogen-bond acceptors (Lipinski definition) is 4. The van der Waals surface area contributed by atoms with E-state index in [1.807, 2.05) is 6.92 Å². The van der Waals surface area contributed by atoms with Crippen molar-refractivity contribution in [3.63, 3.8) is 0 Å². The molecule has 4 rings (SSSR count). The van der Waals surface area contributed by atoms with Gasteiger partial charge in [0, 0.05) is 42.4 Å². The van der Waals surface area contributed by atoms with Crippen molar-refractivity contribution >= 4 is 16.9 Å². The first-order chi connectivity index (χ1) is 12.6. The maximum absolute atomic E-state index is 14.3. The normalized spacial score (nSPS) is 13.7. The fourth-order valence-corrected chi connectivity index (χ4v) is 2.85. The summed E-state index contributed by atoms with van der Waals surface area (Å²) in [5.41, 5.74) is 2.11. The van der Waals surface area contributed by atoms with Crippen LogP contribution < -0.4 is 10.1 Å². The van der Waals surface area contributed by atoms with Gasteiger partial charge >= 0.3 is 6.03 Å². The number of aromatic nitrogens is 2. The Morgan fingerprint density at radius 2 is 2.23 bits per heavy atom. The maximum Gasteiger partial charge on any atom is 0.317 e. The highest BCUT2D eigenvalue weighted by Crippen LogP contribution is 2.26. The van der Waals surface area contributed by atoms with Crippen LogP contribution in [0.25, 0.3) is 10.9 Å². The molecule has 0 atom stereocenters. The Kier molecular flexibility index (Phi) is 4.24. The first-order valence-corrected chi connectivity index (χ1v) is 8.47. The summed E-state index contributed by atoms with van der Waals surface area (Å²) in [6, 6.07) is 6.43. The summed E-state index contributed by atoms with van der Waals surface area (Å²) in [6.45, 7) is 3.89. The number of fused-ring (bicyclic) bond motifs is 1. The summed E-state index contributed by atoms with van der Waals surface area (Å²) in [5, 5.41) is 7.07. The average Bonchev–Trinajstić information content (AvgIpc) is 3.15. The summed E-state index contributed by atoms with van der Waals surface area (Å²) in [4.78, 5) is 16.7. The molecule has 0 unspecified atom stereocenters. The maximum atomic E-state index is 14.3.